The van der Waals surface area contributed by atoms with E-state index < -0.39 is 17.4 Å². The Balaban J connectivity index is 2.50. The average Bonchev–Trinajstić information content (AvgIpc) is 2.42. The van der Waals surface area contributed by atoms with Gasteiger partial charge in [-0.05, 0) is 13.8 Å². The van der Waals surface area contributed by atoms with E-state index in [0.717, 1.165) is 0 Å². The number of amides is 2. The van der Waals surface area contributed by atoms with Gasteiger partial charge in [-0.1, -0.05) is 0 Å². The summed E-state index contributed by atoms with van der Waals surface area (Å²) in [6.07, 6.45) is 0. The predicted molar refractivity (Wildman–Crippen MR) is 76.5 cm³/mol. The van der Waals surface area contributed by atoms with Gasteiger partial charge in [-0.15, -0.1) is 0 Å². The first-order valence-electron chi connectivity index (χ1n) is 6.27. The maximum atomic E-state index is 12.0. The molecule has 2 heterocycles. The van der Waals surface area contributed by atoms with Crippen LogP contribution in [0.15, 0.2) is 0 Å². The van der Waals surface area contributed by atoms with Crippen molar-refractivity contribution in [1.29, 1.82) is 0 Å². The van der Waals surface area contributed by atoms with E-state index in [2.05, 4.69) is 25.7 Å². The molecule has 1 aromatic rings. The van der Waals surface area contributed by atoms with Crippen LogP contribution < -0.4 is 26.4 Å². The van der Waals surface area contributed by atoms with Gasteiger partial charge in [0.05, 0.1) is 0 Å². The lowest BCUT2D eigenvalue weighted by Gasteiger charge is -2.40. The van der Waals surface area contributed by atoms with Crippen LogP contribution in [0.4, 0.5) is 17.8 Å². The van der Waals surface area contributed by atoms with E-state index in [1.807, 2.05) is 0 Å². The van der Waals surface area contributed by atoms with Gasteiger partial charge in [0.2, 0.25) is 23.8 Å². The highest BCUT2D eigenvalue weighted by Gasteiger charge is 2.42. The maximum Gasteiger partial charge on any atom is 0.252 e. The van der Waals surface area contributed by atoms with Crippen LogP contribution in [0.5, 0.6) is 0 Å². The number of carbonyl (C=O) groups is 2. The number of piperazine rings is 1. The number of imide groups is 1. The van der Waals surface area contributed by atoms with E-state index in [1.165, 1.54) is 4.90 Å². The highest BCUT2D eigenvalue weighted by Crippen LogP contribution is 2.25. The smallest absolute Gasteiger partial charge is 0.252 e. The van der Waals surface area contributed by atoms with Crippen LogP contribution >= 0.6 is 0 Å². The first-order chi connectivity index (χ1) is 9.75. The fourth-order valence-electron chi connectivity index (χ4n) is 1.84. The number of hydrogen-bond donors (Lipinski definition) is 3. The molecule has 1 aliphatic heterocycles. The Labute approximate surface area is 121 Å². The number of nitrogens with zero attached hydrogens (tertiary/aromatic N) is 5. The molecule has 0 unspecified atom stereocenters. The van der Waals surface area contributed by atoms with Gasteiger partial charge in [-0.2, -0.15) is 15.0 Å². The van der Waals surface area contributed by atoms with Gasteiger partial charge in [0.25, 0.3) is 5.91 Å². The van der Waals surface area contributed by atoms with E-state index in [-0.39, 0.29) is 18.4 Å². The minimum absolute atomic E-state index is 0.0281. The van der Waals surface area contributed by atoms with Crippen molar-refractivity contribution in [2.75, 3.05) is 35.9 Å². The summed E-state index contributed by atoms with van der Waals surface area (Å²) in [4.78, 5) is 39.3. The normalized spacial score (nSPS) is 17.5. The van der Waals surface area contributed by atoms with E-state index in [9.17, 15) is 9.59 Å². The second kappa shape index (κ2) is 5.13. The number of carbonyl (C=O) groups excluding carboxylic acids is 2. The van der Waals surface area contributed by atoms with Crippen LogP contribution in [0.25, 0.3) is 0 Å². The van der Waals surface area contributed by atoms with Crippen LogP contribution in [0.3, 0.4) is 0 Å². The van der Waals surface area contributed by atoms with Crippen LogP contribution in [0, 0.1) is 0 Å². The minimum atomic E-state index is -0.968. The summed E-state index contributed by atoms with van der Waals surface area (Å²) in [6.45, 7) is 3.34. The highest BCUT2D eigenvalue weighted by atomic mass is 16.2. The molecule has 1 fully saturated rings. The molecule has 114 valence electrons. The molecule has 10 nitrogen and oxygen atoms in total. The first-order valence-corrected chi connectivity index (χ1v) is 6.27. The van der Waals surface area contributed by atoms with Crippen LogP contribution in [-0.4, -0.2) is 52.9 Å². The van der Waals surface area contributed by atoms with E-state index >= 15 is 0 Å². The molecule has 0 saturated carbocycles. The molecule has 1 aliphatic rings. The molecule has 1 aromatic heterocycles. The topological polar surface area (TPSA) is 129 Å². The molecule has 4 N–H and O–H groups in total. The molecule has 0 spiro atoms. The third-order valence-corrected chi connectivity index (χ3v) is 3.17. The van der Waals surface area contributed by atoms with Crippen molar-refractivity contribution in [2.45, 2.75) is 19.4 Å². The second-order valence-electron chi connectivity index (χ2n) is 5.32. The monoisotopic (exact) mass is 294 g/mol. The summed E-state index contributed by atoms with van der Waals surface area (Å²) in [5.74, 6) is 5.25. The van der Waals surface area contributed by atoms with E-state index in [1.54, 1.807) is 32.8 Å². The van der Waals surface area contributed by atoms with Crippen molar-refractivity contribution >= 4 is 29.7 Å². The Morgan fingerprint density at radius 2 is 1.95 bits per heavy atom. The summed E-state index contributed by atoms with van der Waals surface area (Å²) in [5, 5.41) is 2.29. The second-order valence-corrected chi connectivity index (χ2v) is 5.32. The number of nitrogen functional groups attached to an aromatic ring is 1. The Bertz CT molecular complexity index is 586. The number of anilines is 3. The molecule has 0 aliphatic carbocycles. The predicted octanol–water partition coefficient (Wildman–Crippen LogP) is -1.54. The molecule has 0 radical (unpaired) electrons. The molecule has 0 aromatic carbocycles. The number of nitrogens with two attached hydrogens (primary N) is 1. The van der Waals surface area contributed by atoms with Gasteiger partial charge >= 0.3 is 0 Å². The number of hydrogen-bond acceptors (Lipinski definition) is 9. The standard InChI is InChI=1S/C11H18N8O2/c1-11(2)7(21)13-6(20)5-19(11)10-15-8(17-12)14-9(16-10)18(3)4/h5,12H2,1-4H3,(H,13,20,21)(H,14,15,16,17). The molecule has 21 heavy (non-hydrogen) atoms. The van der Waals surface area contributed by atoms with Gasteiger partial charge in [-0.25, -0.2) is 5.84 Å². The van der Waals surface area contributed by atoms with E-state index in [4.69, 9.17) is 5.84 Å². The Kier molecular flexibility index (Phi) is 3.64. The lowest BCUT2D eigenvalue weighted by Crippen LogP contribution is -2.64. The summed E-state index contributed by atoms with van der Waals surface area (Å²) < 4.78 is 0. The zero-order chi connectivity index (χ0) is 15.8. The van der Waals surface area contributed by atoms with Crippen LogP contribution in [0.1, 0.15) is 13.8 Å². The Morgan fingerprint density at radius 3 is 2.52 bits per heavy atom. The Hall–Kier alpha value is -2.49. The van der Waals surface area contributed by atoms with Gasteiger partial charge in [0, 0.05) is 14.1 Å². The van der Waals surface area contributed by atoms with Crippen molar-refractivity contribution in [1.82, 2.24) is 20.3 Å². The Morgan fingerprint density at radius 1 is 1.29 bits per heavy atom. The molecule has 2 rings (SSSR count). The van der Waals surface area contributed by atoms with Crippen molar-refractivity contribution in [2.24, 2.45) is 5.84 Å². The van der Waals surface area contributed by atoms with Gasteiger partial charge in [0.15, 0.2) is 0 Å². The molecule has 0 bridgehead atoms. The first kappa shape index (κ1) is 14.9. The molecule has 2 amide bonds. The third-order valence-electron chi connectivity index (χ3n) is 3.17. The van der Waals surface area contributed by atoms with Crippen molar-refractivity contribution < 1.29 is 9.59 Å². The quantitative estimate of drug-likeness (QED) is 0.345. The maximum absolute atomic E-state index is 12.0. The number of rotatable bonds is 3. The molecule has 10 heteroatoms. The third kappa shape index (κ3) is 2.70. The summed E-state index contributed by atoms with van der Waals surface area (Å²) in [7, 11) is 3.53. The largest absolute Gasteiger partial charge is 0.347 e. The highest BCUT2D eigenvalue weighted by molar-refractivity contribution is 6.06. The lowest BCUT2D eigenvalue weighted by atomic mass is 9.99. The fourth-order valence-corrected chi connectivity index (χ4v) is 1.84. The summed E-state index contributed by atoms with van der Waals surface area (Å²) in [6, 6.07) is 0. The zero-order valence-electron chi connectivity index (χ0n) is 12.3. The fraction of sp³-hybridized carbons (Fsp3) is 0.545. The number of hydrazine groups is 1. The van der Waals surface area contributed by atoms with Gasteiger partial charge in [-0.3, -0.25) is 20.3 Å². The van der Waals surface area contributed by atoms with Crippen molar-refractivity contribution in [3.05, 3.63) is 0 Å². The SMILES string of the molecule is CN(C)c1nc(NN)nc(N2CC(=O)NC(=O)C2(C)C)n1. The molecular weight excluding hydrogens is 276 g/mol. The van der Waals surface area contributed by atoms with E-state index in [0.29, 0.717) is 5.95 Å². The summed E-state index contributed by atoms with van der Waals surface area (Å²) >= 11 is 0. The minimum Gasteiger partial charge on any atom is -0.347 e. The van der Waals surface area contributed by atoms with Crippen molar-refractivity contribution in [3.8, 4) is 0 Å². The molecule has 0 atom stereocenters. The number of aromatic nitrogens is 3. The summed E-state index contributed by atoms with van der Waals surface area (Å²) in [5.41, 5.74) is 1.38. The van der Waals surface area contributed by atoms with Gasteiger partial charge in [0.1, 0.15) is 12.1 Å². The average molecular weight is 294 g/mol. The molecular formula is C11H18N8O2. The molecule has 1 saturated heterocycles. The van der Waals surface area contributed by atoms with Crippen LogP contribution in [0.2, 0.25) is 0 Å². The number of nitrogens with one attached hydrogen (secondary N) is 2. The van der Waals surface area contributed by atoms with Crippen molar-refractivity contribution in [3.63, 3.8) is 0 Å². The van der Waals surface area contributed by atoms with Gasteiger partial charge < -0.3 is 9.80 Å². The zero-order valence-corrected chi connectivity index (χ0v) is 12.3. The van der Waals surface area contributed by atoms with Crippen LogP contribution in [-0.2, 0) is 9.59 Å². The lowest BCUT2D eigenvalue weighted by molar-refractivity contribution is -0.135.